The van der Waals surface area contributed by atoms with Gasteiger partial charge in [-0.3, -0.25) is 9.59 Å². The first-order chi connectivity index (χ1) is 15.6. The minimum Gasteiger partial charge on any atom is -0.339 e. The second kappa shape index (κ2) is 9.81. The Balaban J connectivity index is 1.76. The number of amides is 2. The van der Waals surface area contributed by atoms with Crippen molar-refractivity contribution in [3.8, 4) is 0 Å². The van der Waals surface area contributed by atoms with Crippen LogP contribution in [0.4, 0.5) is 27.6 Å². The summed E-state index contributed by atoms with van der Waals surface area (Å²) >= 11 is 0. The van der Waals surface area contributed by atoms with Crippen molar-refractivity contribution in [3.63, 3.8) is 0 Å². The molecule has 33 heavy (non-hydrogen) atoms. The molecule has 0 aromatic heterocycles. The van der Waals surface area contributed by atoms with E-state index in [1.54, 1.807) is 61.5 Å². The lowest BCUT2D eigenvalue weighted by molar-refractivity contribution is -0.131. The number of hydrogen-bond acceptors (Lipinski definition) is 2. The minimum atomic E-state index is -2.28. The molecule has 172 valence electrons. The molecule has 0 heterocycles. The predicted octanol–water partition coefficient (Wildman–Crippen LogP) is 5.40. The van der Waals surface area contributed by atoms with Gasteiger partial charge < -0.3 is 10.2 Å². The van der Waals surface area contributed by atoms with E-state index in [2.05, 4.69) is 5.32 Å². The predicted molar refractivity (Wildman–Crippen MR) is 112 cm³/mol. The molecule has 9 heteroatoms. The standard InChI is InChI=1S/C24H19F5N2O2/c1-13(15-9-6-10-16(11-15)30-24(33)14-7-4-3-5-8-14)31(2)18(32)12-17-19(25)21(27)23(29)22(28)20(17)26/h3-11,13H,12H2,1-2H3,(H,30,33). The van der Waals surface area contributed by atoms with Gasteiger partial charge in [-0.1, -0.05) is 30.3 Å². The van der Waals surface area contributed by atoms with Crippen LogP contribution in [0, 0.1) is 29.1 Å². The van der Waals surface area contributed by atoms with Crippen molar-refractivity contribution in [2.24, 2.45) is 0 Å². The molecule has 0 saturated carbocycles. The molecular weight excluding hydrogens is 443 g/mol. The fourth-order valence-corrected chi connectivity index (χ4v) is 3.19. The number of hydrogen-bond donors (Lipinski definition) is 1. The zero-order valence-electron chi connectivity index (χ0n) is 17.6. The lowest BCUT2D eigenvalue weighted by Gasteiger charge is -2.26. The number of rotatable bonds is 6. The first kappa shape index (κ1) is 23.9. The summed E-state index contributed by atoms with van der Waals surface area (Å²) in [4.78, 5) is 26.0. The van der Waals surface area contributed by atoms with E-state index >= 15 is 0 Å². The summed E-state index contributed by atoms with van der Waals surface area (Å²) in [5.74, 6) is -11.8. The van der Waals surface area contributed by atoms with Crippen molar-refractivity contribution in [3.05, 3.63) is 100 Å². The second-order valence-corrected chi connectivity index (χ2v) is 7.35. The largest absolute Gasteiger partial charge is 0.339 e. The Morgan fingerprint density at radius 2 is 1.42 bits per heavy atom. The van der Waals surface area contributed by atoms with Gasteiger partial charge in [-0.2, -0.15) is 0 Å². The lowest BCUT2D eigenvalue weighted by Crippen LogP contribution is -2.31. The maximum atomic E-state index is 13.9. The third-order valence-electron chi connectivity index (χ3n) is 5.27. The molecule has 1 N–H and O–H groups in total. The van der Waals surface area contributed by atoms with Crippen LogP contribution >= 0.6 is 0 Å². The third kappa shape index (κ3) is 5.02. The van der Waals surface area contributed by atoms with E-state index < -0.39 is 53.0 Å². The van der Waals surface area contributed by atoms with E-state index in [1.807, 2.05) is 0 Å². The molecule has 0 spiro atoms. The van der Waals surface area contributed by atoms with E-state index in [4.69, 9.17) is 0 Å². The molecule has 0 saturated heterocycles. The van der Waals surface area contributed by atoms with E-state index in [0.717, 1.165) is 4.90 Å². The zero-order chi connectivity index (χ0) is 24.3. The summed E-state index contributed by atoms with van der Waals surface area (Å²) in [5.41, 5.74) is 0.285. The van der Waals surface area contributed by atoms with E-state index in [1.165, 1.54) is 7.05 Å². The summed E-state index contributed by atoms with van der Waals surface area (Å²) in [6.45, 7) is 1.62. The van der Waals surface area contributed by atoms with Crippen LogP contribution in [0.5, 0.6) is 0 Å². The second-order valence-electron chi connectivity index (χ2n) is 7.35. The van der Waals surface area contributed by atoms with Gasteiger partial charge in [0, 0.05) is 23.9 Å². The Hall–Kier alpha value is -3.75. The Morgan fingerprint density at radius 1 is 0.848 bits per heavy atom. The number of nitrogens with zero attached hydrogens (tertiary/aromatic N) is 1. The van der Waals surface area contributed by atoms with Crippen molar-refractivity contribution in [2.45, 2.75) is 19.4 Å². The third-order valence-corrected chi connectivity index (χ3v) is 5.27. The van der Waals surface area contributed by atoms with Crippen LogP contribution < -0.4 is 5.32 Å². The molecule has 0 aliphatic heterocycles. The fourth-order valence-electron chi connectivity index (χ4n) is 3.19. The Bertz CT molecular complexity index is 1170. The van der Waals surface area contributed by atoms with Crippen LogP contribution in [0.15, 0.2) is 54.6 Å². The average Bonchev–Trinajstić information content (AvgIpc) is 2.83. The van der Waals surface area contributed by atoms with Gasteiger partial charge in [-0.15, -0.1) is 0 Å². The monoisotopic (exact) mass is 462 g/mol. The number of nitrogens with one attached hydrogen (secondary N) is 1. The Kier molecular flexibility index (Phi) is 7.10. The molecule has 0 fully saturated rings. The highest BCUT2D eigenvalue weighted by Crippen LogP contribution is 2.26. The number of carbonyl (C=O) groups excluding carboxylic acids is 2. The highest BCUT2D eigenvalue weighted by molar-refractivity contribution is 6.04. The van der Waals surface area contributed by atoms with Crippen LogP contribution in [-0.4, -0.2) is 23.8 Å². The van der Waals surface area contributed by atoms with Crippen molar-refractivity contribution in [2.75, 3.05) is 12.4 Å². The van der Waals surface area contributed by atoms with Gasteiger partial charge in [0.15, 0.2) is 23.3 Å². The van der Waals surface area contributed by atoms with Gasteiger partial charge in [0.05, 0.1) is 12.5 Å². The molecule has 3 aromatic carbocycles. The van der Waals surface area contributed by atoms with Crippen molar-refractivity contribution in [1.29, 1.82) is 0 Å². The number of anilines is 1. The highest BCUT2D eigenvalue weighted by Gasteiger charge is 2.28. The summed E-state index contributed by atoms with van der Waals surface area (Å²) < 4.78 is 67.9. The summed E-state index contributed by atoms with van der Waals surface area (Å²) in [6.07, 6.45) is -1.02. The molecule has 4 nitrogen and oxygen atoms in total. The van der Waals surface area contributed by atoms with Gasteiger partial charge in [0.25, 0.3) is 5.91 Å². The van der Waals surface area contributed by atoms with E-state index in [-0.39, 0.29) is 5.91 Å². The van der Waals surface area contributed by atoms with Gasteiger partial charge in [-0.05, 0) is 36.8 Å². The van der Waals surface area contributed by atoms with Crippen molar-refractivity contribution >= 4 is 17.5 Å². The van der Waals surface area contributed by atoms with Gasteiger partial charge >= 0.3 is 0 Å². The SMILES string of the molecule is CC(c1cccc(NC(=O)c2ccccc2)c1)N(C)C(=O)Cc1c(F)c(F)c(F)c(F)c1F. The number of carbonyl (C=O) groups is 2. The molecule has 3 aromatic rings. The highest BCUT2D eigenvalue weighted by atomic mass is 19.2. The van der Waals surface area contributed by atoms with Crippen LogP contribution in [-0.2, 0) is 11.2 Å². The van der Waals surface area contributed by atoms with Crippen molar-refractivity contribution < 1.29 is 31.5 Å². The van der Waals surface area contributed by atoms with Gasteiger partial charge in [-0.25, -0.2) is 22.0 Å². The molecule has 1 unspecified atom stereocenters. The average molecular weight is 462 g/mol. The normalized spacial score (nSPS) is 11.7. The summed E-state index contributed by atoms with van der Waals surface area (Å²) in [7, 11) is 1.34. The van der Waals surface area contributed by atoms with Crippen molar-refractivity contribution in [1.82, 2.24) is 4.90 Å². The fraction of sp³-hybridized carbons (Fsp3) is 0.167. The topological polar surface area (TPSA) is 49.4 Å². The maximum absolute atomic E-state index is 13.9. The quantitative estimate of drug-likeness (QED) is 0.303. The first-order valence-corrected chi connectivity index (χ1v) is 9.84. The Morgan fingerprint density at radius 3 is 2.03 bits per heavy atom. The molecule has 2 amide bonds. The molecule has 3 rings (SSSR count). The van der Waals surface area contributed by atoms with Crippen LogP contribution in [0.1, 0.15) is 34.5 Å². The smallest absolute Gasteiger partial charge is 0.255 e. The summed E-state index contributed by atoms with van der Waals surface area (Å²) in [5, 5.41) is 2.73. The minimum absolute atomic E-state index is 0.337. The van der Waals surface area contributed by atoms with Crippen LogP contribution in [0.2, 0.25) is 0 Å². The zero-order valence-corrected chi connectivity index (χ0v) is 17.6. The lowest BCUT2D eigenvalue weighted by atomic mass is 10.0. The Labute approximate surface area is 186 Å². The molecular formula is C24H19F5N2O2. The van der Waals surface area contributed by atoms with Gasteiger partial charge in [0.2, 0.25) is 11.7 Å². The number of likely N-dealkylation sites (N-methyl/N-ethyl adjacent to an activating group) is 1. The molecule has 0 radical (unpaired) electrons. The van der Waals surface area contributed by atoms with Crippen LogP contribution in [0.3, 0.4) is 0 Å². The molecule has 0 aliphatic carbocycles. The van der Waals surface area contributed by atoms with Crippen LogP contribution in [0.25, 0.3) is 0 Å². The van der Waals surface area contributed by atoms with Gasteiger partial charge in [0.1, 0.15) is 0 Å². The molecule has 0 bridgehead atoms. The number of benzene rings is 3. The molecule has 0 aliphatic rings. The summed E-state index contributed by atoms with van der Waals surface area (Å²) in [6, 6.07) is 14.5. The molecule has 1 atom stereocenters. The number of halogens is 5. The van der Waals surface area contributed by atoms with E-state index in [0.29, 0.717) is 16.8 Å². The maximum Gasteiger partial charge on any atom is 0.255 e. The van der Waals surface area contributed by atoms with E-state index in [9.17, 15) is 31.5 Å². The first-order valence-electron chi connectivity index (χ1n) is 9.84.